The van der Waals surface area contributed by atoms with E-state index in [9.17, 15) is 0 Å². The monoisotopic (exact) mass is 234 g/mol. The zero-order chi connectivity index (χ0) is 11.8. The summed E-state index contributed by atoms with van der Waals surface area (Å²) in [6, 6.07) is 0.205. The number of hydrogen-bond donors (Lipinski definition) is 1. The summed E-state index contributed by atoms with van der Waals surface area (Å²) >= 11 is 0. The van der Waals surface area contributed by atoms with Crippen molar-refractivity contribution in [1.29, 1.82) is 0 Å². The van der Waals surface area contributed by atoms with Crippen LogP contribution in [0.5, 0.6) is 0 Å². The van der Waals surface area contributed by atoms with Crippen LogP contribution in [0, 0.1) is 0 Å². The molecule has 1 aromatic heterocycles. The number of nitrogens with zero attached hydrogens (tertiary/aromatic N) is 3. The van der Waals surface area contributed by atoms with Crippen LogP contribution in [-0.2, 0) is 6.54 Å². The maximum Gasteiger partial charge on any atom is 0.112 e. The lowest BCUT2D eigenvalue weighted by molar-refractivity contribution is 0.247. The summed E-state index contributed by atoms with van der Waals surface area (Å²) < 4.78 is 2.39. The molecule has 17 heavy (non-hydrogen) atoms. The zero-order valence-corrected chi connectivity index (χ0v) is 10.6. The van der Waals surface area contributed by atoms with Gasteiger partial charge in [0.1, 0.15) is 5.82 Å². The van der Waals surface area contributed by atoms with E-state index in [2.05, 4.69) is 21.5 Å². The molecule has 3 heterocycles. The second-order valence-electron chi connectivity index (χ2n) is 5.52. The number of nitrogens with two attached hydrogens (primary N) is 1. The number of piperidine rings is 1. The van der Waals surface area contributed by atoms with Crippen molar-refractivity contribution in [2.75, 3.05) is 20.1 Å². The Balaban J connectivity index is 1.84. The van der Waals surface area contributed by atoms with Gasteiger partial charge in [-0.05, 0) is 45.8 Å². The molecule has 1 saturated heterocycles. The lowest BCUT2D eigenvalue weighted by Gasteiger charge is -2.30. The first-order valence-electron chi connectivity index (χ1n) is 6.75. The average molecular weight is 234 g/mol. The summed E-state index contributed by atoms with van der Waals surface area (Å²) in [6.45, 7) is 3.50. The summed E-state index contributed by atoms with van der Waals surface area (Å²) in [4.78, 5) is 7.07. The third kappa shape index (κ3) is 2.00. The fraction of sp³-hybridized carbons (Fsp3) is 0.769. The molecule has 94 valence electrons. The van der Waals surface area contributed by atoms with Crippen LogP contribution >= 0.6 is 0 Å². The summed E-state index contributed by atoms with van der Waals surface area (Å²) in [5, 5.41) is 0. The Morgan fingerprint density at radius 2 is 2.00 bits per heavy atom. The highest BCUT2D eigenvalue weighted by Crippen LogP contribution is 2.31. The maximum absolute atomic E-state index is 6.14. The average Bonchev–Trinajstić information content (AvgIpc) is 2.75. The van der Waals surface area contributed by atoms with E-state index in [0.717, 1.165) is 13.0 Å². The molecule has 3 rings (SSSR count). The highest BCUT2D eigenvalue weighted by molar-refractivity contribution is 5.15. The van der Waals surface area contributed by atoms with E-state index in [-0.39, 0.29) is 6.04 Å². The van der Waals surface area contributed by atoms with Gasteiger partial charge in [0.2, 0.25) is 0 Å². The van der Waals surface area contributed by atoms with Crippen molar-refractivity contribution in [1.82, 2.24) is 14.5 Å². The molecule has 1 atom stereocenters. The van der Waals surface area contributed by atoms with Crippen LogP contribution in [-0.4, -0.2) is 34.6 Å². The van der Waals surface area contributed by atoms with Crippen LogP contribution in [0.25, 0.3) is 0 Å². The molecule has 0 aromatic carbocycles. The van der Waals surface area contributed by atoms with Gasteiger partial charge in [-0.2, -0.15) is 0 Å². The molecule has 4 heteroatoms. The van der Waals surface area contributed by atoms with Gasteiger partial charge in [-0.3, -0.25) is 0 Å². The second kappa shape index (κ2) is 4.42. The smallest absolute Gasteiger partial charge is 0.112 e. The largest absolute Gasteiger partial charge is 0.330 e. The lowest BCUT2D eigenvalue weighted by Crippen LogP contribution is -2.31. The van der Waals surface area contributed by atoms with Crippen molar-refractivity contribution >= 4 is 0 Å². The summed E-state index contributed by atoms with van der Waals surface area (Å²) in [5.41, 5.74) is 7.40. The number of likely N-dealkylation sites (tertiary alicyclic amines) is 1. The predicted octanol–water partition coefficient (Wildman–Crippen LogP) is 1.49. The molecule has 1 unspecified atom stereocenters. The van der Waals surface area contributed by atoms with Crippen LogP contribution in [0.2, 0.25) is 0 Å². The van der Waals surface area contributed by atoms with E-state index in [1.54, 1.807) is 0 Å². The number of hydrogen-bond acceptors (Lipinski definition) is 3. The second-order valence-corrected chi connectivity index (χ2v) is 5.52. The van der Waals surface area contributed by atoms with Crippen molar-refractivity contribution in [3.8, 4) is 0 Å². The maximum atomic E-state index is 6.14. The first-order chi connectivity index (χ1) is 8.25. The molecular weight excluding hydrogens is 212 g/mol. The Labute approximate surface area is 103 Å². The fourth-order valence-electron chi connectivity index (χ4n) is 3.15. The van der Waals surface area contributed by atoms with Crippen LogP contribution in [0.1, 0.15) is 49.2 Å². The molecule has 0 amide bonds. The minimum absolute atomic E-state index is 0.205. The molecule has 0 radical (unpaired) electrons. The standard InChI is InChI=1S/C13H22N4/c1-16-7-4-10(5-8-16)13-15-9-12-11(14)3-2-6-17(12)13/h9-11H,2-8,14H2,1H3. The molecule has 2 aliphatic heterocycles. The van der Waals surface area contributed by atoms with Gasteiger partial charge >= 0.3 is 0 Å². The Hall–Kier alpha value is -0.870. The van der Waals surface area contributed by atoms with E-state index >= 15 is 0 Å². The van der Waals surface area contributed by atoms with Gasteiger partial charge < -0.3 is 15.2 Å². The van der Waals surface area contributed by atoms with Crippen LogP contribution < -0.4 is 5.73 Å². The third-order valence-electron chi connectivity index (χ3n) is 4.28. The number of rotatable bonds is 1. The Morgan fingerprint density at radius 1 is 1.24 bits per heavy atom. The summed E-state index contributed by atoms with van der Waals surface area (Å²) in [5.74, 6) is 1.94. The number of imidazole rings is 1. The summed E-state index contributed by atoms with van der Waals surface area (Å²) in [6.07, 6.45) is 6.80. The Bertz CT molecular complexity index is 390. The normalized spacial score (nSPS) is 27.1. The van der Waals surface area contributed by atoms with E-state index in [0.29, 0.717) is 5.92 Å². The van der Waals surface area contributed by atoms with Crippen molar-refractivity contribution in [3.05, 3.63) is 17.7 Å². The minimum atomic E-state index is 0.205. The summed E-state index contributed by atoms with van der Waals surface area (Å²) in [7, 11) is 2.20. The van der Waals surface area contributed by atoms with Gasteiger partial charge in [0.15, 0.2) is 0 Å². The minimum Gasteiger partial charge on any atom is -0.330 e. The molecule has 4 nitrogen and oxygen atoms in total. The van der Waals surface area contributed by atoms with Crippen LogP contribution in [0.4, 0.5) is 0 Å². The molecule has 2 N–H and O–H groups in total. The van der Waals surface area contributed by atoms with Gasteiger partial charge in [-0.1, -0.05) is 0 Å². The third-order valence-corrected chi connectivity index (χ3v) is 4.28. The lowest BCUT2D eigenvalue weighted by atomic mass is 9.95. The highest BCUT2D eigenvalue weighted by atomic mass is 15.1. The first kappa shape index (κ1) is 11.2. The fourth-order valence-corrected chi connectivity index (χ4v) is 3.15. The molecule has 0 aliphatic carbocycles. The van der Waals surface area contributed by atoms with Gasteiger partial charge in [0, 0.05) is 18.5 Å². The first-order valence-corrected chi connectivity index (χ1v) is 6.75. The Morgan fingerprint density at radius 3 is 2.76 bits per heavy atom. The quantitative estimate of drug-likeness (QED) is 0.800. The molecule has 2 aliphatic rings. The van der Waals surface area contributed by atoms with Crippen LogP contribution in [0.3, 0.4) is 0 Å². The van der Waals surface area contributed by atoms with Gasteiger partial charge in [-0.25, -0.2) is 4.98 Å². The van der Waals surface area contributed by atoms with E-state index < -0.39 is 0 Å². The predicted molar refractivity (Wildman–Crippen MR) is 67.9 cm³/mol. The van der Waals surface area contributed by atoms with Crippen molar-refractivity contribution in [2.24, 2.45) is 5.73 Å². The Kier molecular flexibility index (Phi) is 2.92. The van der Waals surface area contributed by atoms with Gasteiger partial charge in [-0.15, -0.1) is 0 Å². The van der Waals surface area contributed by atoms with Crippen LogP contribution in [0.15, 0.2) is 6.20 Å². The molecule has 1 fully saturated rings. The van der Waals surface area contributed by atoms with Gasteiger partial charge in [0.05, 0.1) is 11.9 Å². The SMILES string of the molecule is CN1CCC(c2ncc3n2CCCC3N)CC1. The van der Waals surface area contributed by atoms with Crippen molar-refractivity contribution in [2.45, 2.75) is 44.2 Å². The van der Waals surface area contributed by atoms with E-state index in [1.807, 2.05) is 6.20 Å². The molecule has 0 bridgehead atoms. The van der Waals surface area contributed by atoms with Gasteiger partial charge in [0.25, 0.3) is 0 Å². The molecular formula is C13H22N4. The highest BCUT2D eigenvalue weighted by Gasteiger charge is 2.26. The molecule has 1 aromatic rings. The molecule has 0 saturated carbocycles. The van der Waals surface area contributed by atoms with E-state index in [4.69, 9.17) is 5.73 Å². The van der Waals surface area contributed by atoms with E-state index in [1.165, 1.54) is 43.9 Å². The zero-order valence-electron chi connectivity index (χ0n) is 10.6. The van der Waals surface area contributed by atoms with Crippen molar-refractivity contribution in [3.63, 3.8) is 0 Å². The number of fused-ring (bicyclic) bond motifs is 1. The molecule has 0 spiro atoms. The number of aromatic nitrogens is 2. The topological polar surface area (TPSA) is 47.1 Å². The van der Waals surface area contributed by atoms with Crippen molar-refractivity contribution < 1.29 is 0 Å².